The van der Waals surface area contributed by atoms with E-state index >= 15 is 0 Å². The zero-order valence-corrected chi connectivity index (χ0v) is 18.5. The Labute approximate surface area is 176 Å². The van der Waals surface area contributed by atoms with Crippen LogP contribution in [0.15, 0.2) is 40.9 Å². The minimum Gasteiger partial charge on any atom is -0.444 e. The Morgan fingerprint density at radius 1 is 1.14 bits per heavy atom. The first-order chi connectivity index (χ1) is 13.3. The Hall–Kier alpha value is -1.33. The average molecular weight is 448 g/mol. The smallest absolute Gasteiger partial charge is 0.434 e. The SMILES string of the molecule is C[C@@H]1CC[C@@H](C(C)(C)c2ccc(Br)cc2)[C@H](OC(=O)N2O[C@H]3C=C[C@@H]2CC3)C1. The van der Waals surface area contributed by atoms with E-state index in [0.717, 1.165) is 30.2 Å². The highest BCUT2D eigenvalue weighted by atomic mass is 79.9. The van der Waals surface area contributed by atoms with Gasteiger partial charge in [0.15, 0.2) is 0 Å². The fraction of sp³-hybridized carbons (Fsp3) is 0.609. The molecule has 152 valence electrons. The van der Waals surface area contributed by atoms with Gasteiger partial charge in [-0.15, -0.1) is 0 Å². The van der Waals surface area contributed by atoms with Crippen molar-refractivity contribution < 1.29 is 14.4 Å². The Morgan fingerprint density at radius 2 is 1.89 bits per heavy atom. The van der Waals surface area contributed by atoms with Crippen molar-refractivity contribution in [2.45, 2.75) is 76.5 Å². The van der Waals surface area contributed by atoms with Crippen molar-refractivity contribution in [3.05, 3.63) is 46.5 Å². The second-order valence-corrected chi connectivity index (χ2v) is 10.1. The number of hydroxylamine groups is 2. The number of ether oxygens (including phenoxy) is 1. The van der Waals surface area contributed by atoms with Gasteiger partial charge in [0, 0.05) is 10.4 Å². The van der Waals surface area contributed by atoms with E-state index in [0.29, 0.717) is 5.92 Å². The van der Waals surface area contributed by atoms with E-state index in [1.165, 1.54) is 17.0 Å². The van der Waals surface area contributed by atoms with Gasteiger partial charge in [0.2, 0.25) is 0 Å². The number of hydrogen-bond acceptors (Lipinski definition) is 3. The van der Waals surface area contributed by atoms with Crippen LogP contribution in [0.3, 0.4) is 0 Å². The molecule has 0 aromatic heterocycles. The molecule has 4 aliphatic rings. The fourth-order valence-corrected chi connectivity index (χ4v) is 5.29. The molecule has 2 bridgehead atoms. The highest BCUT2D eigenvalue weighted by Crippen LogP contribution is 2.44. The van der Waals surface area contributed by atoms with Crippen molar-refractivity contribution in [2.75, 3.05) is 0 Å². The molecule has 2 fully saturated rings. The molecular formula is C23H30BrNO3. The highest BCUT2D eigenvalue weighted by molar-refractivity contribution is 9.10. The summed E-state index contributed by atoms with van der Waals surface area (Å²) < 4.78 is 7.20. The second kappa shape index (κ2) is 7.83. The molecule has 5 atom stereocenters. The molecule has 2 aliphatic heterocycles. The van der Waals surface area contributed by atoms with Crippen LogP contribution in [0, 0.1) is 11.8 Å². The zero-order chi connectivity index (χ0) is 19.9. The first kappa shape index (κ1) is 20.0. The maximum absolute atomic E-state index is 13.0. The first-order valence-electron chi connectivity index (χ1n) is 10.5. The van der Waals surface area contributed by atoms with E-state index in [1.54, 1.807) is 0 Å². The quantitative estimate of drug-likeness (QED) is 0.533. The molecule has 2 aliphatic carbocycles. The van der Waals surface area contributed by atoms with Gasteiger partial charge in [0.1, 0.15) is 12.2 Å². The number of hydrogen-bond donors (Lipinski definition) is 0. The number of rotatable bonds is 3. The normalized spacial score (nSPS) is 32.4. The minimum atomic E-state index is -0.324. The van der Waals surface area contributed by atoms with Crippen LogP contribution in [0.1, 0.15) is 58.4 Å². The van der Waals surface area contributed by atoms with Gasteiger partial charge in [-0.05, 0) is 54.7 Å². The van der Waals surface area contributed by atoms with E-state index in [9.17, 15) is 4.79 Å². The molecule has 0 radical (unpaired) electrons. The van der Waals surface area contributed by atoms with Crippen molar-refractivity contribution in [3.63, 3.8) is 0 Å². The summed E-state index contributed by atoms with van der Waals surface area (Å²) in [6.45, 7) is 6.81. The van der Waals surface area contributed by atoms with E-state index in [2.05, 4.69) is 73.1 Å². The Morgan fingerprint density at radius 3 is 2.50 bits per heavy atom. The van der Waals surface area contributed by atoms with Crippen LogP contribution in [0.2, 0.25) is 0 Å². The summed E-state index contributed by atoms with van der Waals surface area (Å²) >= 11 is 3.53. The van der Waals surface area contributed by atoms with Crippen LogP contribution in [0.25, 0.3) is 0 Å². The van der Waals surface area contributed by atoms with Crippen molar-refractivity contribution in [2.24, 2.45) is 11.8 Å². The summed E-state index contributed by atoms with van der Waals surface area (Å²) in [5.74, 6) is 0.847. The summed E-state index contributed by atoms with van der Waals surface area (Å²) in [5, 5.41) is 1.47. The lowest BCUT2D eigenvalue weighted by Crippen LogP contribution is -2.51. The van der Waals surface area contributed by atoms with Gasteiger partial charge in [0.05, 0.1) is 6.04 Å². The Bertz CT molecular complexity index is 745. The van der Waals surface area contributed by atoms with Crippen molar-refractivity contribution in [3.8, 4) is 0 Å². The third-order valence-corrected chi connectivity index (χ3v) is 7.37. The summed E-state index contributed by atoms with van der Waals surface area (Å²) in [6.07, 6.45) is 8.80. The van der Waals surface area contributed by atoms with Gasteiger partial charge < -0.3 is 4.74 Å². The number of nitrogens with zero attached hydrogens (tertiary/aromatic N) is 1. The lowest BCUT2D eigenvalue weighted by atomic mass is 9.64. The molecule has 5 rings (SSSR count). The Kier molecular flexibility index (Phi) is 5.58. The van der Waals surface area contributed by atoms with Crippen LogP contribution in [-0.2, 0) is 15.0 Å². The third kappa shape index (κ3) is 3.88. The lowest BCUT2D eigenvalue weighted by Gasteiger charge is -2.45. The number of fused-ring (bicyclic) bond motifs is 2. The van der Waals surface area contributed by atoms with Crippen LogP contribution in [0.5, 0.6) is 0 Å². The van der Waals surface area contributed by atoms with Gasteiger partial charge in [0.25, 0.3) is 0 Å². The maximum Gasteiger partial charge on any atom is 0.434 e. The summed E-state index contributed by atoms with van der Waals surface area (Å²) in [6, 6.07) is 8.55. The van der Waals surface area contributed by atoms with Gasteiger partial charge in [-0.1, -0.05) is 67.4 Å². The molecule has 1 aromatic carbocycles. The molecule has 28 heavy (non-hydrogen) atoms. The monoisotopic (exact) mass is 447 g/mol. The molecule has 5 heteroatoms. The Balaban J connectivity index is 1.52. The molecule has 0 N–H and O–H groups in total. The average Bonchev–Trinajstić information content (AvgIpc) is 2.69. The van der Waals surface area contributed by atoms with E-state index in [4.69, 9.17) is 9.57 Å². The molecule has 1 saturated carbocycles. The summed E-state index contributed by atoms with van der Waals surface area (Å²) in [4.78, 5) is 18.8. The van der Waals surface area contributed by atoms with Crippen molar-refractivity contribution >= 4 is 22.0 Å². The molecule has 1 amide bonds. The number of halogens is 1. The molecule has 2 heterocycles. The number of amides is 1. The predicted octanol–water partition coefficient (Wildman–Crippen LogP) is 6.00. The molecule has 1 aromatic rings. The predicted molar refractivity (Wildman–Crippen MR) is 113 cm³/mol. The summed E-state index contributed by atoms with van der Waals surface area (Å²) in [5.41, 5.74) is 1.21. The first-order valence-corrected chi connectivity index (χ1v) is 11.2. The minimum absolute atomic E-state index is 0.0106. The number of carbonyl (C=O) groups excluding carboxylic acids is 1. The molecular weight excluding hydrogens is 418 g/mol. The van der Waals surface area contributed by atoms with Crippen molar-refractivity contribution in [1.82, 2.24) is 5.06 Å². The van der Waals surface area contributed by atoms with Gasteiger partial charge in [-0.2, -0.15) is 5.06 Å². The fourth-order valence-electron chi connectivity index (χ4n) is 5.02. The lowest BCUT2D eigenvalue weighted by molar-refractivity contribution is -0.214. The van der Waals surface area contributed by atoms with E-state index in [1.807, 2.05) is 0 Å². The maximum atomic E-state index is 13.0. The number of benzene rings is 1. The van der Waals surface area contributed by atoms with Crippen molar-refractivity contribution in [1.29, 1.82) is 0 Å². The highest BCUT2D eigenvalue weighted by Gasteiger charge is 2.44. The molecule has 0 spiro atoms. The van der Waals surface area contributed by atoms with Crippen LogP contribution >= 0.6 is 15.9 Å². The van der Waals surface area contributed by atoms with Crippen LogP contribution in [-0.4, -0.2) is 29.4 Å². The largest absolute Gasteiger partial charge is 0.444 e. The molecule has 1 saturated heterocycles. The van der Waals surface area contributed by atoms with Gasteiger partial charge >= 0.3 is 6.09 Å². The second-order valence-electron chi connectivity index (χ2n) is 9.17. The van der Waals surface area contributed by atoms with Crippen LogP contribution < -0.4 is 0 Å². The van der Waals surface area contributed by atoms with E-state index < -0.39 is 0 Å². The van der Waals surface area contributed by atoms with E-state index in [-0.39, 0.29) is 35.7 Å². The molecule has 4 nitrogen and oxygen atoms in total. The molecule has 0 unspecified atom stereocenters. The topological polar surface area (TPSA) is 38.8 Å². The zero-order valence-electron chi connectivity index (χ0n) is 16.9. The van der Waals surface area contributed by atoms with Gasteiger partial charge in [-0.25, -0.2) is 4.79 Å². The third-order valence-electron chi connectivity index (χ3n) is 6.85. The van der Waals surface area contributed by atoms with Gasteiger partial charge in [-0.3, -0.25) is 4.84 Å². The van der Waals surface area contributed by atoms with Crippen LogP contribution in [0.4, 0.5) is 4.79 Å². The standard InChI is InChI=1S/C23H30BrNO3/c1-15-4-13-20(23(2,3)16-5-7-17(24)8-6-16)21(14-15)27-22(26)25-18-9-11-19(28-25)12-10-18/h5-9,11,15,18-21H,4,10,12-14H2,1-3H3/t15-,18-,19+,20-,21-/m1/s1. The number of carbonyl (C=O) groups is 1. The summed E-state index contributed by atoms with van der Waals surface area (Å²) in [7, 11) is 0.